The molecule has 23 heavy (non-hydrogen) atoms. The van der Waals surface area contributed by atoms with E-state index in [-0.39, 0.29) is 23.7 Å². The zero-order valence-corrected chi connectivity index (χ0v) is 12.3. The number of benzene rings is 1. The Balaban J connectivity index is 2.04. The lowest BCUT2D eigenvalue weighted by Gasteiger charge is -2.13. The number of carbonyl (C=O) groups excluding carboxylic acids is 1. The van der Waals surface area contributed by atoms with Gasteiger partial charge in [-0.2, -0.15) is 13.2 Å². The van der Waals surface area contributed by atoms with Crippen LogP contribution in [0.2, 0.25) is 0 Å². The molecule has 2 aromatic rings. The summed E-state index contributed by atoms with van der Waals surface area (Å²) < 4.78 is 42.2. The van der Waals surface area contributed by atoms with Crippen molar-refractivity contribution in [2.45, 2.75) is 32.0 Å². The van der Waals surface area contributed by atoms with Gasteiger partial charge in [0.25, 0.3) is 0 Å². The van der Waals surface area contributed by atoms with E-state index in [1.54, 1.807) is 6.92 Å². The molecule has 0 aliphatic carbocycles. The topological polar surface area (TPSA) is 87.4 Å². The lowest BCUT2D eigenvalue weighted by molar-refractivity contribution is -0.156. The lowest BCUT2D eigenvalue weighted by Crippen LogP contribution is -2.36. The number of anilines is 1. The van der Waals surface area contributed by atoms with E-state index in [0.29, 0.717) is 18.5 Å². The number of oxazole rings is 1. The first kappa shape index (κ1) is 17.1. The molecular weight excluding hydrogens is 315 g/mol. The van der Waals surface area contributed by atoms with Gasteiger partial charge in [0.1, 0.15) is 5.52 Å². The van der Waals surface area contributed by atoms with Crippen LogP contribution in [-0.2, 0) is 6.18 Å². The Bertz CT molecular complexity index is 685. The Morgan fingerprint density at radius 3 is 2.83 bits per heavy atom. The summed E-state index contributed by atoms with van der Waals surface area (Å²) in [5, 5.41) is 13.9. The molecule has 1 unspecified atom stereocenters. The van der Waals surface area contributed by atoms with Crippen LogP contribution >= 0.6 is 0 Å². The van der Waals surface area contributed by atoms with Crippen molar-refractivity contribution in [1.82, 2.24) is 10.3 Å². The van der Waals surface area contributed by atoms with Crippen LogP contribution in [-0.4, -0.2) is 28.8 Å². The Morgan fingerprint density at radius 2 is 2.17 bits per heavy atom. The summed E-state index contributed by atoms with van der Waals surface area (Å²) in [5.41, 5.74) is 0.287. The smallest absolute Gasteiger partial charge is 0.433 e. The van der Waals surface area contributed by atoms with E-state index in [0.717, 1.165) is 0 Å². The fourth-order valence-corrected chi connectivity index (χ4v) is 1.99. The number of fused-ring (bicyclic) bond motifs is 1. The number of aliphatic hydroxyl groups excluding tert-OH is 1. The van der Waals surface area contributed by atoms with Gasteiger partial charge in [-0.1, -0.05) is 0 Å². The van der Waals surface area contributed by atoms with Gasteiger partial charge < -0.3 is 20.2 Å². The number of alkyl halides is 3. The highest BCUT2D eigenvalue weighted by molar-refractivity contribution is 5.91. The van der Waals surface area contributed by atoms with Gasteiger partial charge in [-0.25, -0.2) is 9.78 Å². The van der Waals surface area contributed by atoms with Crippen LogP contribution in [0, 0.1) is 0 Å². The summed E-state index contributed by atoms with van der Waals surface area (Å²) in [6.07, 6.45) is -3.49. The third-order valence-corrected chi connectivity index (χ3v) is 3.06. The number of aliphatic hydroxyl groups is 1. The van der Waals surface area contributed by atoms with Gasteiger partial charge in [0.05, 0.1) is 0 Å². The average molecular weight is 331 g/mol. The Hall–Kier alpha value is -2.29. The Morgan fingerprint density at radius 1 is 1.43 bits per heavy atom. The van der Waals surface area contributed by atoms with Gasteiger partial charge in [-0.05, 0) is 38.0 Å². The van der Waals surface area contributed by atoms with E-state index in [4.69, 9.17) is 5.11 Å². The second-order valence-electron chi connectivity index (χ2n) is 5.06. The minimum Gasteiger partial charge on any atom is -0.433 e. The quantitative estimate of drug-likeness (QED) is 0.785. The molecule has 1 aromatic carbocycles. The van der Waals surface area contributed by atoms with E-state index in [1.165, 1.54) is 18.2 Å². The van der Waals surface area contributed by atoms with Crippen molar-refractivity contribution in [3.05, 3.63) is 24.1 Å². The molecule has 1 heterocycles. The average Bonchev–Trinajstić information content (AvgIpc) is 2.88. The zero-order valence-electron chi connectivity index (χ0n) is 12.3. The summed E-state index contributed by atoms with van der Waals surface area (Å²) in [4.78, 5) is 15.1. The second-order valence-corrected chi connectivity index (χ2v) is 5.06. The van der Waals surface area contributed by atoms with Gasteiger partial charge in [0.15, 0.2) is 5.58 Å². The predicted octanol–water partition coefficient (Wildman–Crippen LogP) is 3.13. The van der Waals surface area contributed by atoms with Crippen molar-refractivity contribution < 1.29 is 27.5 Å². The number of nitrogens with one attached hydrogen (secondary N) is 2. The molecule has 3 N–H and O–H groups in total. The maximum absolute atomic E-state index is 12.5. The van der Waals surface area contributed by atoms with Gasteiger partial charge in [0.2, 0.25) is 0 Å². The molecule has 0 radical (unpaired) electrons. The fourth-order valence-electron chi connectivity index (χ4n) is 1.99. The normalized spacial score (nSPS) is 13.1. The lowest BCUT2D eigenvalue weighted by atomic mass is 10.2. The largest absolute Gasteiger partial charge is 0.468 e. The highest BCUT2D eigenvalue weighted by atomic mass is 19.4. The van der Waals surface area contributed by atoms with Crippen LogP contribution in [0.1, 0.15) is 25.7 Å². The van der Waals surface area contributed by atoms with E-state index in [2.05, 4.69) is 20.0 Å². The molecule has 1 aromatic heterocycles. The van der Waals surface area contributed by atoms with Crippen molar-refractivity contribution in [2.75, 3.05) is 11.9 Å². The SMILES string of the molecule is CC(CCCO)NC(=O)Nc1ccc2oc(C(F)(F)F)nc2c1. The van der Waals surface area contributed by atoms with Gasteiger partial charge in [-0.3, -0.25) is 0 Å². The summed E-state index contributed by atoms with van der Waals surface area (Å²) >= 11 is 0. The van der Waals surface area contributed by atoms with Gasteiger partial charge in [0, 0.05) is 18.3 Å². The number of aromatic nitrogens is 1. The van der Waals surface area contributed by atoms with Crippen molar-refractivity contribution in [2.24, 2.45) is 0 Å². The molecule has 2 rings (SSSR count). The first-order valence-corrected chi connectivity index (χ1v) is 6.96. The minimum absolute atomic E-state index is 0.00320. The maximum Gasteiger partial charge on any atom is 0.468 e. The molecule has 1 atom stereocenters. The summed E-state index contributed by atoms with van der Waals surface area (Å²) in [6.45, 7) is 1.82. The maximum atomic E-state index is 12.5. The molecule has 0 aliphatic heterocycles. The van der Waals surface area contributed by atoms with Gasteiger partial charge >= 0.3 is 18.1 Å². The molecule has 0 saturated carbocycles. The third-order valence-electron chi connectivity index (χ3n) is 3.06. The number of hydrogen-bond acceptors (Lipinski definition) is 4. The highest BCUT2D eigenvalue weighted by Crippen LogP contribution is 2.31. The first-order valence-electron chi connectivity index (χ1n) is 6.96. The monoisotopic (exact) mass is 331 g/mol. The zero-order chi connectivity index (χ0) is 17.0. The summed E-state index contributed by atoms with van der Waals surface area (Å²) in [6, 6.07) is 3.39. The molecule has 0 spiro atoms. The van der Waals surface area contributed by atoms with E-state index < -0.39 is 18.1 Å². The van der Waals surface area contributed by atoms with E-state index >= 15 is 0 Å². The molecule has 0 aliphatic rings. The summed E-state index contributed by atoms with van der Waals surface area (Å²) in [5.74, 6) is -1.33. The second kappa shape index (κ2) is 6.86. The van der Waals surface area contributed by atoms with Crippen LogP contribution in [0.15, 0.2) is 22.6 Å². The number of halogens is 3. The third kappa shape index (κ3) is 4.59. The van der Waals surface area contributed by atoms with Crippen molar-refractivity contribution in [1.29, 1.82) is 0 Å². The number of rotatable bonds is 5. The number of carbonyl (C=O) groups is 1. The minimum atomic E-state index is -4.66. The van der Waals surface area contributed by atoms with Crippen molar-refractivity contribution in [3.63, 3.8) is 0 Å². The van der Waals surface area contributed by atoms with Gasteiger partial charge in [-0.15, -0.1) is 0 Å². The predicted molar refractivity (Wildman–Crippen MR) is 76.9 cm³/mol. The Labute approximate surface area is 129 Å². The van der Waals surface area contributed by atoms with E-state index in [9.17, 15) is 18.0 Å². The Kier molecular flexibility index (Phi) is 5.09. The standard InChI is InChI=1S/C14H16F3N3O3/c1-8(3-2-6-21)18-13(22)19-9-4-5-11-10(7-9)20-12(23-11)14(15,16)17/h4-5,7-8,21H,2-3,6H2,1H3,(H2,18,19,22). The van der Waals surface area contributed by atoms with Crippen molar-refractivity contribution in [3.8, 4) is 0 Å². The molecule has 2 amide bonds. The fraction of sp³-hybridized carbons (Fsp3) is 0.429. The molecule has 6 nitrogen and oxygen atoms in total. The molecule has 0 fully saturated rings. The van der Waals surface area contributed by atoms with Crippen LogP contribution in [0.25, 0.3) is 11.1 Å². The number of urea groups is 1. The number of nitrogens with zero attached hydrogens (tertiary/aromatic N) is 1. The molecule has 0 saturated heterocycles. The molecule has 126 valence electrons. The molecular formula is C14H16F3N3O3. The van der Waals surface area contributed by atoms with Crippen LogP contribution in [0.3, 0.4) is 0 Å². The summed E-state index contributed by atoms with van der Waals surface area (Å²) in [7, 11) is 0. The van der Waals surface area contributed by atoms with E-state index in [1.807, 2.05) is 0 Å². The first-order chi connectivity index (χ1) is 10.8. The molecule has 0 bridgehead atoms. The van der Waals surface area contributed by atoms with Crippen LogP contribution in [0.5, 0.6) is 0 Å². The molecule has 9 heteroatoms. The van der Waals surface area contributed by atoms with Crippen LogP contribution < -0.4 is 10.6 Å². The highest BCUT2D eigenvalue weighted by Gasteiger charge is 2.37. The number of hydrogen-bond donors (Lipinski definition) is 3. The van der Waals surface area contributed by atoms with Crippen molar-refractivity contribution >= 4 is 22.8 Å². The van der Waals surface area contributed by atoms with Crippen LogP contribution in [0.4, 0.5) is 23.7 Å². The number of amides is 2.